The number of thiazole rings is 1. The van der Waals surface area contributed by atoms with Crippen molar-refractivity contribution in [2.75, 3.05) is 13.1 Å². The minimum Gasteiger partial charge on any atom is -0.306 e. The van der Waals surface area contributed by atoms with E-state index in [-0.39, 0.29) is 0 Å². The van der Waals surface area contributed by atoms with Crippen molar-refractivity contribution in [2.24, 2.45) is 0 Å². The Bertz CT molecular complexity index is 391. The zero-order valence-electron chi connectivity index (χ0n) is 11.4. The quantitative estimate of drug-likeness (QED) is 0.907. The van der Waals surface area contributed by atoms with Gasteiger partial charge in [0.1, 0.15) is 0 Å². The van der Waals surface area contributed by atoms with E-state index in [0.717, 1.165) is 6.04 Å². The summed E-state index contributed by atoms with van der Waals surface area (Å²) in [7, 11) is 0. The summed E-state index contributed by atoms with van der Waals surface area (Å²) < 4.78 is 0. The first-order valence-corrected chi connectivity index (χ1v) is 8.02. The summed E-state index contributed by atoms with van der Waals surface area (Å²) in [6.07, 6.45) is 5.47. The zero-order chi connectivity index (χ0) is 12.5. The van der Waals surface area contributed by atoms with Gasteiger partial charge < -0.3 is 10.2 Å². The van der Waals surface area contributed by atoms with Crippen molar-refractivity contribution in [3.63, 3.8) is 0 Å². The Hall–Kier alpha value is -0.450. The molecule has 1 aromatic heterocycles. The highest BCUT2D eigenvalue weighted by molar-refractivity contribution is 7.09. The van der Waals surface area contributed by atoms with E-state index in [1.807, 2.05) is 0 Å². The van der Waals surface area contributed by atoms with Crippen LogP contribution < -0.4 is 5.32 Å². The minimum atomic E-state index is 0.396. The second-order valence-electron chi connectivity index (χ2n) is 5.72. The van der Waals surface area contributed by atoms with Crippen LogP contribution in [-0.4, -0.2) is 35.1 Å². The summed E-state index contributed by atoms with van der Waals surface area (Å²) in [5.74, 6) is 0. The van der Waals surface area contributed by atoms with Crippen LogP contribution in [0, 0.1) is 6.92 Å². The summed E-state index contributed by atoms with van der Waals surface area (Å²) in [5, 5.41) is 7.10. The Morgan fingerprint density at radius 2 is 2.06 bits per heavy atom. The summed E-state index contributed by atoms with van der Waals surface area (Å²) in [5.41, 5.74) is 1.21. The Morgan fingerprint density at radius 3 is 2.61 bits per heavy atom. The van der Waals surface area contributed by atoms with Crippen LogP contribution in [0.4, 0.5) is 0 Å². The van der Waals surface area contributed by atoms with Gasteiger partial charge in [-0.3, -0.25) is 0 Å². The lowest BCUT2D eigenvalue weighted by atomic mass is 10.0. The summed E-state index contributed by atoms with van der Waals surface area (Å²) in [4.78, 5) is 7.25. The van der Waals surface area contributed by atoms with Crippen LogP contribution in [0.15, 0.2) is 5.38 Å². The van der Waals surface area contributed by atoms with Crippen LogP contribution in [0.2, 0.25) is 0 Å². The van der Waals surface area contributed by atoms with Crippen LogP contribution in [0.1, 0.15) is 49.4 Å². The molecule has 3 rings (SSSR count). The molecule has 2 fully saturated rings. The van der Waals surface area contributed by atoms with E-state index in [9.17, 15) is 0 Å². The molecular weight excluding hydrogens is 242 g/mol. The third-order valence-corrected chi connectivity index (χ3v) is 4.95. The smallest absolute Gasteiger partial charge is 0.0898 e. The van der Waals surface area contributed by atoms with Gasteiger partial charge in [-0.05, 0) is 52.6 Å². The summed E-state index contributed by atoms with van der Waals surface area (Å²) in [6, 6.07) is 2.01. The Morgan fingerprint density at radius 1 is 1.33 bits per heavy atom. The van der Waals surface area contributed by atoms with E-state index in [0.29, 0.717) is 12.1 Å². The standard InChI is InChI=1S/C14H23N3S/c1-10(14-9-18-11(2)16-14)15-12-5-7-17(8-6-12)13-3-4-13/h9-10,12-13,15H,3-8H2,1-2H3. The van der Waals surface area contributed by atoms with Gasteiger partial charge in [0.25, 0.3) is 0 Å². The number of rotatable bonds is 4. The molecule has 0 spiro atoms. The average Bonchev–Trinajstić information content (AvgIpc) is 3.12. The Labute approximate surface area is 114 Å². The number of hydrogen-bond acceptors (Lipinski definition) is 4. The first kappa shape index (κ1) is 12.6. The van der Waals surface area contributed by atoms with Crippen LogP contribution >= 0.6 is 11.3 Å². The van der Waals surface area contributed by atoms with Crippen molar-refractivity contribution in [2.45, 2.75) is 57.7 Å². The maximum absolute atomic E-state index is 4.57. The predicted octanol–water partition coefficient (Wildman–Crippen LogP) is 2.73. The van der Waals surface area contributed by atoms with Crippen LogP contribution in [0.3, 0.4) is 0 Å². The average molecular weight is 265 g/mol. The fourth-order valence-corrected chi connectivity index (χ4v) is 3.60. The molecule has 1 aromatic rings. The van der Waals surface area contributed by atoms with E-state index in [1.54, 1.807) is 11.3 Å². The number of aromatic nitrogens is 1. The van der Waals surface area contributed by atoms with Gasteiger partial charge >= 0.3 is 0 Å². The molecule has 1 aliphatic heterocycles. The van der Waals surface area contributed by atoms with Crippen molar-refractivity contribution in [1.82, 2.24) is 15.2 Å². The number of aryl methyl sites for hydroxylation is 1. The highest BCUT2D eigenvalue weighted by atomic mass is 32.1. The molecule has 0 radical (unpaired) electrons. The first-order valence-electron chi connectivity index (χ1n) is 7.14. The largest absolute Gasteiger partial charge is 0.306 e. The molecule has 0 bridgehead atoms. The van der Waals surface area contributed by atoms with Gasteiger partial charge in [0.05, 0.1) is 10.7 Å². The van der Waals surface area contributed by atoms with Crippen molar-refractivity contribution in [1.29, 1.82) is 0 Å². The molecule has 100 valence electrons. The minimum absolute atomic E-state index is 0.396. The van der Waals surface area contributed by atoms with E-state index in [1.165, 1.54) is 49.5 Å². The van der Waals surface area contributed by atoms with Gasteiger partial charge in [0.15, 0.2) is 0 Å². The second-order valence-corrected chi connectivity index (χ2v) is 6.78. The van der Waals surface area contributed by atoms with E-state index in [2.05, 4.69) is 34.4 Å². The van der Waals surface area contributed by atoms with Crippen molar-refractivity contribution in [3.8, 4) is 0 Å². The van der Waals surface area contributed by atoms with Gasteiger partial charge in [-0.1, -0.05) is 0 Å². The Kier molecular flexibility index (Phi) is 3.68. The zero-order valence-corrected chi connectivity index (χ0v) is 12.2. The molecule has 0 amide bonds. The molecule has 0 aromatic carbocycles. The summed E-state index contributed by atoms with van der Waals surface area (Å²) in [6.45, 7) is 6.88. The van der Waals surface area contributed by atoms with Gasteiger partial charge in [-0.2, -0.15) is 0 Å². The second kappa shape index (κ2) is 5.27. The number of hydrogen-bond donors (Lipinski definition) is 1. The third-order valence-electron chi connectivity index (χ3n) is 4.16. The van der Waals surface area contributed by atoms with Crippen molar-refractivity contribution >= 4 is 11.3 Å². The predicted molar refractivity (Wildman–Crippen MR) is 76.0 cm³/mol. The fraction of sp³-hybridized carbons (Fsp3) is 0.786. The van der Waals surface area contributed by atoms with Crippen molar-refractivity contribution in [3.05, 3.63) is 16.1 Å². The number of nitrogens with zero attached hydrogens (tertiary/aromatic N) is 2. The molecule has 1 saturated heterocycles. The van der Waals surface area contributed by atoms with E-state index < -0.39 is 0 Å². The van der Waals surface area contributed by atoms with Crippen LogP contribution in [0.25, 0.3) is 0 Å². The van der Waals surface area contributed by atoms with Gasteiger partial charge in [0.2, 0.25) is 0 Å². The number of piperidine rings is 1. The van der Waals surface area contributed by atoms with Gasteiger partial charge in [0, 0.05) is 23.5 Å². The number of nitrogens with one attached hydrogen (secondary N) is 1. The molecule has 2 aliphatic rings. The molecule has 18 heavy (non-hydrogen) atoms. The first-order chi connectivity index (χ1) is 8.72. The lowest BCUT2D eigenvalue weighted by Crippen LogP contribution is -2.44. The molecule has 1 aliphatic carbocycles. The molecule has 4 heteroatoms. The van der Waals surface area contributed by atoms with E-state index in [4.69, 9.17) is 0 Å². The molecule has 3 nitrogen and oxygen atoms in total. The van der Waals surface area contributed by atoms with Crippen LogP contribution in [-0.2, 0) is 0 Å². The number of likely N-dealkylation sites (tertiary alicyclic amines) is 1. The maximum atomic E-state index is 4.57. The third kappa shape index (κ3) is 2.92. The molecule has 1 N–H and O–H groups in total. The Balaban J connectivity index is 1.48. The monoisotopic (exact) mass is 265 g/mol. The van der Waals surface area contributed by atoms with Crippen molar-refractivity contribution < 1.29 is 0 Å². The van der Waals surface area contributed by atoms with Gasteiger partial charge in [-0.15, -0.1) is 11.3 Å². The van der Waals surface area contributed by atoms with Crippen LogP contribution in [0.5, 0.6) is 0 Å². The molecule has 1 unspecified atom stereocenters. The molecular formula is C14H23N3S. The summed E-state index contributed by atoms with van der Waals surface area (Å²) >= 11 is 1.75. The normalized spacial score (nSPS) is 24.3. The maximum Gasteiger partial charge on any atom is 0.0898 e. The SMILES string of the molecule is Cc1nc(C(C)NC2CCN(C3CC3)CC2)cs1. The molecule has 2 heterocycles. The highest BCUT2D eigenvalue weighted by Gasteiger charge is 2.32. The lowest BCUT2D eigenvalue weighted by Gasteiger charge is -2.33. The fourth-order valence-electron chi connectivity index (χ4n) is 2.89. The highest BCUT2D eigenvalue weighted by Crippen LogP contribution is 2.29. The van der Waals surface area contributed by atoms with E-state index >= 15 is 0 Å². The van der Waals surface area contributed by atoms with Gasteiger partial charge in [-0.25, -0.2) is 4.98 Å². The lowest BCUT2D eigenvalue weighted by molar-refractivity contribution is 0.184. The molecule has 1 atom stereocenters. The molecule has 1 saturated carbocycles. The topological polar surface area (TPSA) is 28.2 Å².